The Morgan fingerprint density at radius 2 is 2.04 bits per heavy atom. The number of aromatic nitrogens is 1. The Kier molecular flexibility index (Phi) is 5.19. The third kappa shape index (κ3) is 3.83. The highest BCUT2D eigenvalue weighted by Crippen LogP contribution is 2.19. The molecule has 8 heteroatoms. The van der Waals surface area contributed by atoms with Crippen molar-refractivity contribution < 1.29 is 14.3 Å². The zero-order chi connectivity index (χ0) is 18.7. The van der Waals surface area contributed by atoms with E-state index in [9.17, 15) is 19.2 Å². The van der Waals surface area contributed by atoms with E-state index in [0.717, 1.165) is 19.2 Å². The quantitative estimate of drug-likeness (QED) is 0.868. The molecule has 0 radical (unpaired) electrons. The highest BCUT2D eigenvalue weighted by atomic mass is 19.1. The van der Waals surface area contributed by atoms with Crippen molar-refractivity contribution >= 4 is 17.0 Å². The molecule has 1 saturated heterocycles. The second kappa shape index (κ2) is 7.54. The molecule has 3 rings (SSSR count). The average molecular weight is 358 g/mol. The summed E-state index contributed by atoms with van der Waals surface area (Å²) in [5.41, 5.74) is 0.375. The second-order valence-electron chi connectivity index (χ2n) is 6.39. The van der Waals surface area contributed by atoms with E-state index < -0.39 is 11.9 Å². The number of fused-ring (bicyclic) bond motifs is 1. The summed E-state index contributed by atoms with van der Waals surface area (Å²) >= 11 is 0. The van der Waals surface area contributed by atoms with Crippen molar-refractivity contribution in [3.63, 3.8) is 0 Å². The van der Waals surface area contributed by atoms with E-state index in [0.29, 0.717) is 36.8 Å². The summed E-state index contributed by atoms with van der Waals surface area (Å²) in [4.78, 5) is 25.1. The van der Waals surface area contributed by atoms with Gasteiger partial charge in [0.05, 0.1) is 17.1 Å². The van der Waals surface area contributed by atoms with Crippen LogP contribution in [0.25, 0.3) is 10.9 Å². The van der Waals surface area contributed by atoms with Crippen molar-refractivity contribution in [2.24, 2.45) is 0 Å². The van der Waals surface area contributed by atoms with Gasteiger partial charge in [-0.25, -0.2) is 9.18 Å². The van der Waals surface area contributed by atoms with E-state index in [1.807, 2.05) is 6.07 Å². The minimum Gasteiger partial charge on any atom is -0.465 e. The Bertz CT molecular complexity index is 926. The molecule has 0 unspecified atom stereocenters. The van der Waals surface area contributed by atoms with E-state index >= 15 is 0 Å². The van der Waals surface area contributed by atoms with Gasteiger partial charge < -0.3 is 19.9 Å². The standard InChI is InChI=1S/C18H19FN4O3/c19-13-9-12(11-20)15-1-2-17(24)23(16(15)10-13)8-7-22-5-3-14(4-6-22)21-18(25)26/h1-2,9-10,14,21H,3-8H2,(H,25,26). The van der Waals surface area contributed by atoms with Gasteiger partial charge in [0.25, 0.3) is 5.56 Å². The molecule has 2 aromatic rings. The number of amides is 1. The molecule has 0 bridgehead atoms. The van der Waals surface area contributed by atoms with Gasteiger partial charge in [0, 0.05) is 43.7 Å². The third-order valence-electron chi connectivity index (χ3n) is 4.75. The van der Waals surface area contributed by atoms with Gasteiger partial charge in [-0.15, -0.1) is 0 Å². The maximum Gasteiger partial charge on any atom is 0.404 e. The fourth-order valence-corrected chi connectivity index (χ4v) is 3.41. The second-order valence-corrected chi connectivity index (χ2v) is 6.39. The van der Waals surface area contributed by atoms with Crippen molar-refractivity contribution in [2.45, 2.75) is 25.4 Å². The average Bonchev–Trinajstić information content (AvgIpc) is 2.61. The molecule has 0 atom stereocenters. The molecule has 136 valence electrons. The van der Waals surface area contributed by atoms with E-state index in [1.165, 1.54) is 16.7 Å². The highest BCUT2D eigenvalue weighted by molar-refractivity contribution is 5.85. The van der Waals surface area contributed by atoms with Crippen molar-refractivity contribution in [3.8, 4) is 6.07 Å². The van der Waals surface area contributed by atoms with Gasteiger partial charge in [-0.3, -0.25) is 4.79 Å². The van der Waals surface area contributed by atoms with Crippen LogP contribution in [0.3, 0.4) is 0 Å². The normalized spacial score (nSPS) is 15.7. The van der Waals surface area contributed by atoms with Gasteiger partial charge >= 0.3 is 6.09 Å². The first-order valence-electron chi connectivity index (χ1n) is 8.43. The summed E-state index contributed by atoms with van der Waals surface area (Å²) in [6, 6.07) is 7.30. The van der Waals surface area contributed by atoms with Crippen LogP contribution in [0.4, 0.5) is 9.18 Å². The van der Waals surface area contributed by atoms with E-state index in [4.69, 9.17) is 5.11 Å². The fourth-order valence-electron chi connectivity index (χ4n) is 3.41. The summed E-state index contributed by atoms with van der Waals surface area (Å²) in [6.07, 6.45) is 0.412. The maximum atomic E-state index is 13.8. The van der Waals surface area contributed by atoms with Gasteiger partial charge in [0.15, 0.2) is 0 Å². The molecule has 1 aliphatic rings. The smallest absolute Gasteiger partial charge is 0.404 e. The van der Waals surface area contributed by atoms with Crippen LogP contribution in [0.5, 0.6) is 0 Å². The number of carboxylic acid groups (broad SMARTS) is 1. The molecular weight excluding hydrogens is 339 g/mol. The number of nitriles is 1. The first-order valence-corrected chi connectivity index (χ1v) is 8.43. The molecule has 0 spiro atoms. The molecule has 1 aliphatic heterocycles. The lowest BCUT2D eigenvalue weighted by molar-refractivity contribution is 0.166. The number of piperidine rings is 1. The number of nitrogens with zero attached hydrogens (tertiary/aromatic N) is 3. The number of pyridine rings is 1. The van der Waals surface area contributed by atoms with Gasteiger partial charge in [0.2, 0.25) is 0 Å². The minimum atomic E-state index is -1.01. The molecule has 1 aromatic carbocycles. The number of nitrogens with one attached hydrogen (secondary N) is 1. The summed E-state index contributed by atoms with van der Waals surface area (Å²) < 4.78 is 15.3. The molecule has 0 saturated carbocycles. The van der Waals surface area contributed by atoms with Crippen molar-refractivity contribution in [1.29, 1.82) is 5.26 Å². The number of carbonyl (C=O) groups is 1. The predicted octanol–water partition coefficient (Wildman–Crippen LogP) is 1.74. The Morgan fingerprint density at radius 3 is 2.69 bits per heavy atom. The van der Waals surface area contributed by atoms with Crippen LogP contribution in [0.15, 0.2) is 29.1 Å². The Morgan fingerprint density at radius 1 is 1.31 bits per heavy atom. The SMILES string of the molecule is N#Cc1cc(F)cc2c1ccc(=O)n2CCN1CCC(NC(=O)O)CC1. The zero-order valence-corrected chi connectivity index (χ0v) is 14.1. The van der Waals surface area contributed by atoms with Crippen molar-refractivity contribution in [3.05, 3.63) is 46.0 Å². The van der Waals surface area contributed by atoms with Crippen LogP contribution >= 0.6 is 0 Å². The molecule has 1 amide bonds. The van der Waals surface area contributed by atoms with Gasteiger partial charge in [-0.05, 0) is 31.0 Å². The summed E-state index contributed by atoms with van der Waals surface area (Å²) in [5, 5.41) is 21.0. The van der Waals surface area contributed by atoms with Crippen LogP contribution < -0.4 is 10.9 Å². The van der Waals surface area contributed by atoms with Gasteiger partial charge in [-0.1, -0.05) is 0 Å². The number of likely N-dealkylation sites (tertiary alicyclic amines) is 1. The largest absolute Gasteiger partial charge is 0.465 e. The Balaban J connectivity index is 1.75. The van der Waals surface area contributed by atoms with Crippen LogP contribution in [0, 0.1) is 17.1 Å². The zero-order valence-electron chi connectivity index (χ0n) is 14.1. The first kappa shape index (κ1) is 17.9. The lowest BCUT2D eigenvalue weighted by Gasteiger charge is -2.31. The summed E-state index contributed by atoms with van der Waals surface area (Å²) in [6.45, 7) is 2.42. The molecule has 2 N–H and O–H groups in total. The number of hydrogen-bond donors (Lipinski definition) is 2. The number of hydrogen-bond acceptors (Lipinski definition) is 4. The topological polar surface area (TPSA) is 98.4 Å². The van der Waals surface area contributed by atoms with Crippen LogP contribution in [-0.4, -0.2) is 46.3 Å². The minimum absolute atomic E-state index is 0.0451. The lowest BCUT2D eigenvalue weighted by atomic mass is 10.1. The summed E-state index contributed by atoms with van der Waals surface area (Å²) in [5.74, 6) is -0.547. The molecular formula is C18H19FN4O3. The van der Waals surface area contributed by atoms with Crippen molar-refractivity contribution in [2.75, 3.05) is 19.6 Å². The van der Waals surface area contributed by atoms with Crippen molar-refractivity contribution in [1.82, 2.24) is 14.8 Å². The van der Waals surface area contributed by atoms with Crippen LogP contribution in [0.2, 0.25) is 0 Å². The first-order chi connectivity index (χ1) is 12.5. The fraction of sp³-hybridized carbons (Fsp3) is 0.389. The van der Waals surface area contributed by atoms with E-state index in [2.05, 4.69) is 10.2 Å². The third-order valence-corrected chi connectivity index (χ3v) is 4.75. The Hall–Kier alpha value is -2.92. The van der Waals surface area contributed by atoms with Gasteiger partial charge in [-0.2, -0.15) is 5.26 Å². The molecule has 2 heterocycles. The monoisotopic (exact) mass is 358 g/mol. The molecule has 0 aliphatic carbocycles. The predicted molar refractivity (Wildman–Crippen MR) is 93.5 cm³/mol. The molecule has 7 nitrogen and oxygen atoms in total. The Labute approximate surface area is 149 Å². The molecule has 1 aromatic heterocycles. The maximum absolute atomic E-state index is 13.8. The van der Waals surface area contributed by atoms with Crippen LogP contribution in [-0.2, 0) is 6.54 Å². The number of halogens is 1. The molecule has 26 heavy (non-hydrogen) atoms. The van der Waals surface area contributed by atoms with E-state index in [1.54, 1.807) is 6.07 Å². The lowest BCUT2D eigenvalue weighted by Crippen LogP contribution is -2.45. The number of benzene rings is 1. The van der Waals surface area contributed by atoms with Crippen LogP contribution in [0.1, 0.15) is 18.4 Å². The van der Waals surface area contributed by atoms with E-state index in [-0.39, 0.29) is 17.2 Å². The summed E-state index contributed by atoms with van der Waals surface area (Å²) in [7, 11) is 0. The number of rotatable bonds is 4. The highest BCUT2D eigenvalue weighted by Gasteiger charge is 2.20. The molecule has 1 fully saturated rings. The van der Waals surface area contributed by atoms with Gasteiger partial charge in [0.1, 0.15) is 5.82 Å².